The van der Waals surface area contributed by atoms with Crippen molar-refractivity contribution in [1.82, 2.24) is 0 Å². The van der Waals surface area contributed by atoms with Crippen molar-refractivity contribution < 1.29 is 14.3 Å². The normalized spacial score (nSPS) is 16.5. The zero-order chi connectivity index (χ0) is 17.1. The quantitative estimate of drug-likeness (QED) is 0.594. The SMILES string of the molecule is CCc1ccc(C(=O)COC(=O)c2cc3c(s2)CC[C@@H](C)C3)cc1. The standard InChI is InChI=1S/C20H22O3S/c1-3-14-5-7-15(8-6-14)17(21)12-23-20(22)19-11-16-10-13(2)4-9-18(16)24-19/h5-8,11,13H,3-4,9-10,12H2,1-2H3/t13-/m1/s1. The second kappa shape index (κ2) is 7.31. The summed E-state index contributed by atoms with van der Waals surface area (Å²) in [6.07, 6.45) is 4.18. The van der Waals surface area contributed by atoms with Crippen molar-refractivity contribution in [2.24, 2.45) is 5.92 Å². The first-order chi connectivity index (χ1) is 11.6. The number of hydrogen-bond donors (Lipinski definition) is 0. The van der Waals surface area contributed by atoms with Crippen LogP contribution in [-0.2, 0) is 24.0 Å². The van der Waals surface area contributed by atoms with Crippen LogP contribution in [0.5, 0.6) is 0 Å². The molecule has 0 saturated heterocycles. The number of hydrogen-bond acceptors (Lipinski definition) is 4. The highest BCUT2D eigenvalue weighted by Gasteiger charge is 2.21. The molecule has 1 heterocycles. The van der Waals surface area contributed by atoms with E-state index >= 15 is 0 Å². The lowest BCUT2D eigenvalue weighted by Gasteiger charge is -2.16. The third-order valence-electron chi connectivity index (χ3n) is 4.55. The average Bonchev–Trinajstić information content (AvgIpc) is 3.02. The van der Waals surface area contributed by atoms with Crippen LogP contribution in [0.3, 0.4) is 0 Å². The maximum Gasteiger partial charge on any atom is 0.348 e. The van der Waals surface area contributed by atoms with Crippen LogP contribution in [0.2, 0.25) is 0 Å². The van der Waals surface area contributed by atoms with Gasteiger partial charge in [0.25, 0.3) is 0 Å². The number of thiophene rings is 1. The Balaban J connectivity index is 1.60. The van der Waals surface area contributed by atoms with Crippen LogP contribution in [0.1, 0.15) is 56.3 Å². The third-order valence-corrected chi connectivity index (χ3v) is 5.77. The van der Waals surface area contributed by atoms with Crippen molar-refractivity contribution in [3.05, 3.63) is 56.8 Å². The summed E-state index contributed by atoms with van der Waals surface area (Å²) >= 11 is 1.51. The van der Waals surface area contributed by atoms with Gasteiger partial charge in [-0.05, 0) is 48.8 Å². The third kappa shape index (κ3) is 3.75. The van der Waals surface area contributed by atoms with Gasteiger partial charge in [0, 0.05) is 10.4 Å². The summed E-state index contributed by atoms with van der Waals surface area (Å²) in [5, 5.41) is 0. The maximum atomic E-state index is 12.2. The van der Waals surface area contributed by atoms with Gasteiger partial charge in [-0.1, -0.05) is 38.1 Å². The van der Waals surface area contributed by atoms with Gasteiger partial charge in [-0.15, -0.1) is 11.3 Å². The number of esters is 1. The molecule has 0 N–H and O–H groups in total. The first kappa shape index (κ1) is 16.9. The number of carbonyl (C=O) groups excluding carboxylic acids is 2. The molecule has 0 radical (unpaired) electrons. The Kier molecular flexibility index (Phi) is 5.14. The van der Waals surface area contributed by atoms with Crippen LogP contribution in [0, 0.1) is 5.92 Å². The topological polar surface area (TPSA) is 43.4 Å². The van der Waals surface area contributed by atoms with Crippen LogP contribution in [0.15, 0.2) is 30.3 Å². The molecule has 2 aromatic rings. The molecule has 4 heteroatoms. The fourth-order valence-corrected chi connectivity index (χ4v) is 4.12. The Hall–Kier alpha value is -1.94. The van der Waals surface area contributed by atoms with Crippen molar-refractivity contribution in [3.8, 4) is 0 Å². The summed E-state index contributed by atoms with van der Waals surface area (Å²) in [6, 6.07) is 9.39. The van der Waals surface area contributed by atoms with E-state index in [2.05, 4.69) is 13.8 Å². The highest BCUT2D eigenvalue weighted by atomic mass is 32.1. The zero-order valence-electron chi connectivity index (χ0n) is 14.1. The monoisotopic (exact) mass is 342 g/mol. The van der Waals surface area contributed by atoms with E-state index in [1.54, 1.807) is 12.1 Å². The van der Waals surface area contributed by atoms with Crippen LogP contribution >= 0.6 is 11.3 Å². The van der Waals surface area contributed by atoms with E-state index in [0.29, 0.717) is 16.4 Å². The van der Waals surface area contributed by atoms with Crippen LogP contribution in [-0.4, -0.2) is 18.4 Å². The fourth-order valence-electron chi connectivity index (χ4n) is 3.02. The van der Waals surface area contributed by atoms with Crippen molar-refractivity contribution in [1.29, 1.82) is 0 Å². The van der Waals surface area contributed by atoms with Gasteiger partial charge in [0.15, 0.2) is 12.4 Å². The minimum Gasteiger partial charge on any atom is -0.453 e. The molecule has 1 aromatic carbocycles. The molecule has 0 fully saturated rings. The lowest BCUT2D eigenvalue weighted by molar-refractivity contribution is 0.0479. The minimum atomic E-state index is -0.388. The molecule has 0 aliphatic heterocycles. The molecule has 0 spiro atoms. The smallest absolute Gasteiger partial charge is 0.348 e. The number of aryl methyl sites for hydroxylation is 2. The number of rotatable bonds is 5. The predicted octanol–water partition coefficient (Wildman–Crippen LogP) is 4.48. The second-order valence-electron chi connectivity index (χ2n) is 6.46. The summed E-state index contributed by atoms with van der Waals surface area (Å²) < 4.78 is 5.23. The fraction of sp³-hybridized carbons (Fsp3) is 0.400. The van der Waals surface area contributed by atoms with Crippen molar-refractivity contribution in [2.45, 2.75) is 39.5 Å². The van der Waals surface area contributed by atoms with Gasteiger partial charge in [0.2, 0.25) is 0 Å². The summed E-state index contributed by atoms with van der Waals surface area (Å²) in [5.41, 5.74) is 3.04. The van der Waals surface area contributed by atoms with Gasteiger partial charge >= 0.3 is 5.97 Å². The van der Waals surface area contributed by atoms with Gasteiger partial charge in [-0.2, -0.15) is 0 Å². The lowest BCUT2D eigenvalue weighted by atomic mass is 9.90. The van der Waals surface area contributed by atoms with Gasteiger partial charge in [0.05, 0.1) is 0 Å². The van der Waals surface area contributed by atoms with E-state index in [1.807, 2.05) is 18.2 Å². The molecule has 1 atom stereocenters. The maximum absolute atomic E-state index is 12.2. The minimum absolute atomic E-state index is 0.166. The van der Waals surface area contributed by atoms with Gasteiger partial charge in [-0.25, -0.2) is 4.79 Å². The molecule has 24 heavy (non-hydrogen) atoms. The van der Waals surface area contributed by atoms with E-state index in [4.69, 9.17) is 4.74 Å². The molecular formula is C20H22O3S. The van der Waals surface area contributed by atoms with E-state index in [1.165, 1.54) is 33.8 Å². The van der Waals surface area contributed by atoms with Crippen LogP contribution < -0.4 is 0 Å². The van der Waals surface area contributed by atoms with Crippen molar-refractivity contribution in [2.75, 3.05) is 6.61 Å². The Morgan fingerprint density at radius 1 is 1.25 bits per heavy atom. The molecule has 0 amide bonds. The summed E-state index contributed by atoms with van der Waals surface area (Å²) in [5.74, 6) is 0.116. The highest BCUT2D eigenvalue weighted by Crippen LogP contribution is 2.32. The number of carbonyl (C=O) groups is 2. The van der Waals surface area contributed by atoms with Gasteiger partial charge in [-0.3, -0.25) is 4.79 Å². The lowest BCUT2D eigenvalue weighted by Crippen LogP contribution is -2.13. The molecule has 0 unspecified atom stereocenters. The van der Waals surface area contributed by atoms with E-state index in [9.17, 15) is 9.59 Å². The molecule has 3 nitrogen and oxygen atoms in total. The Morgan fingerprint density at radius 3 is 2.71 bits per heavy atom. The molecule has 3 rings (SSSR count). The molecule has 126 valence electrons. The predicted molar refractivity (Wildman–Crippen MR) is 95.9 cm³/mol. The number of Topliss-reactive ketones (excluding diaryl/α,β-unsaturated/α-hetero) is 1. The summed E-state index contributed by atoms with van der Waals surface area (Å²) in [4.78, 5) is 26.3. The van der Waals surface area contributed by atoms with Gasteiger partial charge < -0.3 is 4.74 Å². The van der Waals surface area contributed by atoms with E-state index < -0.39 is 0 Å². The molecule has 0 saturated carbocycles. The number of fused-ring (bicyclic) bond motifs is 1. The Labute approximate surface area is 146 Å². The first-order valence-corrected chi connectivity index (χ1v) is 9.29. The average molecular weight is 342 g/mol. The van der Waals surface area contributed by atoms with E-state index in [-0.39, 0.29) is 18.4 Å². The molecular weight excluding hydrogens is 320 g/mol. The molecule has 1 aliphatic rings. The van der Waals surface area contributed by atoms with Crippen molar-refractivity contribution in [3.63, 3.8) is 0 Å². The number of ether oxygens (including phenoxy) is 1. The van der Waals surface area contributed by atoms with Crippen molar-refractivity contribution >= 4 is 23.1 Å². The number of benzene rings is 1. The molecule has 1 aliphatic carbocycles. The number of ketones is 1. The van der Waals surface area contributed by atoms with Crippen LogP contribution in [0.4, 0.5) is 0 Å². The first-order valence-electron chi connectivity index (χ1n) is 8.47. The van der Waals surface area contributed by atoms with Gasteiger partial charge in [0.1, 0.15) is 4.88 Å². The zero-order valence-corrected chi connectivity index (χ0v) is 14.9. The summed E-state index contributed by atoms with van der Waals surface area (Å²) in [7, 11) is 0. The van der Waals surface area contributed by atoms with E-state index in [0.717, 1.165) is 19.3 Å². The Bertz CT molecular complexity index is 743. The highest BCUT2D eigenvalue weighted by molar-refractivity contribution is 7.14. The molecule has 0 bridgehead atoms. The summed E-state index contributed by atoms with van der Waals surface area (Å²) in [6.45, 7) is 4.10. The van der Waals surface area contributed by atoms with Crippen LogP contribution in [0.25, 0.3) is 0 Å². The largest absolute Gasteiger partial charge is 0.453 e. The molecule has 1 aromatic heterocycles. The second-order valence-corrected chi connectivity index (χ2v) is 7.59. The Morgan fingerprint density at radius 2 is 2.00 bits per heavy atom.